The van der Waals surface area contributed by atoms with Gasteiger partial charge < -0.3 is 0 Å². The van der Waals surface area contributed by atoms with Gasteiger partial charge in [0.25, 0.3) is 0 Å². The second-order valence-electron chi connectivity index (χ2n) is 3.99. The van der Waals surface area contributed by atoms with E-state index in [0.29, 0.717) is 11.1 Å². The van der Waals surface area contributed by atoms with Crippen molar-refractivity contribution < 1.29 is 17.6 Å². The van der Waals surface area contributed by atoms with Crippen LogP contribution in [0.2, 0.25) is 0 Å². The third kappa shape index (κ3) is 2.37. The van der Waals surface area contributed by atoms with Crippen LogP contribution in [0.1, 0.15) is 11.1 Å². The summed E-state index contributed by atoms with van der Waals surface area (Å²) in [5.41, 5.74) is 0.253. The fourth-order valence-corrected chi connectivity index (χ4v) is 1.91. The normalized spacial score (nSPS) is 11.6. The molecule has 18 heavy (non-hydrogen) atoms. The minimum Gasteiger partial charge on any atom is -0.207 e. The molecule has 94 valence electrons. The van der Waals surface area contributed by atoms with Gasteiger partial charge in [0, 0.05) is 0 Å². The Labute approximate surface area is 102 Å². The van der Waals surface area contributed by atoms with Gasteiger partial charge in [0.15, 0.2) is 0 Å². The van der Waals surface area contributed by atoms with Gasteiger partial charge in [-0.3, -0.25) is 0 Å². The lowest BCUT2D eigenvalue weighted by Gasteiger charge is -2.14. The third-order valence-corrected chi connectivity index (χ3v) is 2.77. The fraction of sp³-hybridized carbons (Fsp3) is 0.143. The Morgan fingerprint density at radius 3 is 2.22 bits per heavy atom. The molecule has 0 amide bonds. The van der Waals surface area contributed by atoms with E-state index in [9.17, 15) is 17.6 Å². The van der Waals surface area contributed by atoms with Crippen molar-refractivity contribution in [3.8, 4) is 11.1 Å². The molecule has 0 N–H and O–H groups in total. The summed E-state index contributed by atoms with van der Waals surface area (Å²) in [7, 11) is 0. The third-order valence-electron chi connectivity index (χ3n) is 2.77. The van der Waals surface area contributed by atoms with Crippen LogP contribution in [-0.2, 0) is 6.18 Å². The lowest BCUT2D eigenvalue weighted by Crippen LogP contribution is -2.07. The molecule has 0 nitrogen and oxygen atoms in total. The number of rotatable bonds is 1. The summed E-state index contributed by atoms with van der Waals surface area (Å²) >= 11 is 0. The molecule has 4 heteroatoms. The highest BCUT2D eigenvalue weighted by molar-refractivity contribution is 5.68. The molecule has 0 aromatic heterocycles. The van der Waals surface area contributed by atoms with Gasteiger partial charge >= 0.3 is 6.18 Å². The quantitative estimate of drug-likeness (QED) is 0.640. The van der Waals surface area contributed by atoms with Gasteiger partial charge in [-0.05, 0) is 41.8 Å². The first-order valence-electron chi connectivity index (χ1n) is 5.32. The molecule has 0 aliphatic carbocycles. The van der Waals surface area contributed by atoms with Crippen LogP contribution in [0.5, 0.6) is 0 Å². The van der Waals surface area contributed by atoms with Crippen molar-refractivity contribution in [3.05, 3.63) is 59.4 Å². The van der Waals surface area contributed by atoms with E-state index < -0.39 is 17.6 Å². The second kappa shape index (κ2) is 4.44. The van der Waals surface area contributed by atoms with Gasteiger partial charge in [-0.15, -0.1) is 0 Å². The maximum Gasteiger partial charge on any atom is 0.416 e. The Bertz CT molecular complexity index is 570. The molecule has 0 heterocycles. The molecule has 0 spiro atoms. The largest absolute Gasteiger partial charge is 0.416 e. The summed E-state index contributed by atoms with van der Waals surface area (Å²) in [6.07, 6.45) is -4.40. The average Bonchev–Trinajstić information content (AvgIpc) is 2.27. The number of hydrogen-bond donors (Lipinski definition) is 0. The van der Waals surface area contributed by atoms with Crippen molar-refractivity contribution in [2.24, 2.45) is 0 Å². The van der Waals surface area contributed by atoms with Crippen molar-refractivity contribution in [3.63, 3.8) is 0 Å². The van der Waals surface area contributed by atoms with Gasteiger partial charge in [-0.25, -0.2) is 4.39 Å². The van der Waals surface area contributed by atoms with Crippen LogP contribution in [0.15, 0.2) is 42.5 Å². The Kier molecular flexibility index (Phi) is 3.11. The standard InChI is InChI=1S/C14H10F4/c1-9-12(10-4-2-5-11(15)8-10)6-3-7-13(9)14(16,17)18/h2-8H,1H3. The zero-order valence-electron chi connectivity index (χ0n) is 9.55. The van der Waals surface area contributed by atoms with E-state index in [1.165, 1.54) is 31.2 Å². The van der Waals surface area contributed by atoms with Gasteiger partial charge in [0.05, 0.1) is 5.56 Å². The molecule has 0 saturated heterocycles. The van der Waals surface area contributed by atoms with E-state index in [-0.39, 0.29) is 5.56 Å². The Balaban J connectivity index is 2.60. The fourth-order valence-electron chi connectivity index (χ4n) is 1.91. The van der Waals surface area contributed by atoms with Gasteiger partial charge in [-0.1, -0.05) is 24.3 Å². The van der Waals surface area contributed by atoms with E-state index in [0.717, 1.165) is 6.07 Å². The number of halogens is 4. The molecule has 2 aromatic carbocycles. The van der Waals surface area contributed by atoms with Crippen LogP contribution >= 0.6 is 0 Å². The van der Waals surface area contributed by atoms with Crippen LogP contribution in [-0.4, -0.2) is 0 Å². The van der Waals surface area contributed by atoms with Crippen LogP contribution < -0.4 is 0 Å². The molecule has 0 aliphatic rings. The molecule has 0 atom stereocenters. The first-order chi connectivity index (χ1) is 8.39. The van der Waals surface area contributed by atoms with E-state index in [4.69, 9.17) is 0 Å². The Morgan fingerprint density at radius 1 is 0.944 bits per heavy atom. The molecule has 0 radical (unpaired) electrons. The SMILES string of the molecule is Cc1c(-c2cccc(F)c2)cccc1C(F)(F)F. The van der Waals surface area contributed by atoms with Gasteiger partial charge in [0.1, 0.15) is 5.82 Å². The maximum atomic E-state index is 13.1. The number of alkyl halides is 3. The second-order valence-corrected chi connectivity index (χ2v) is 3.99. The average molecular weight is 254 g/mol. The molecular weight excluding hydrogens is 244 g/mol. The first-order valence-corrected chi connectivity index (χ1v) is 5.32. The molecule has 2 rings (SSSR count). The van der Waals surface area contributed by atoms with Gasteiger partial charge in [-0.2, -0.15) is 13.2 Å². The summed E-state index contributed by atoms with van der Waals surface area (Å²) in [6.45, 7) is 1.39. The van der Waals surface area contributed by atoms with Crippen molar-refractivity contribution in [2.75, 3.05) is 0 Å². The van der Waals surface area contributed by atoms with E-state index in [1.54, 1.807) is 12.1 Å². The highest BCUT2D eigenvalue weighted by Gasteiger charge is 2.32. The minimum atomic E-state index is -4.40. The molecule has 0 unspecified atom stereocenters. The van der Waals surface area contributed by atoms with E-state index in [1.807, 2.05) is 0 Å². The lowest BCUT2D eigenvalue weighted by atomic mass is 9.96. The summed E-state index contributed by atoms with van der Waals surface area (Å²) in [6, 6.07) is 9.46. The van der Waals surface area contributed by atoms with Crippen LogP contribution in [0.3, 0.4) is 0 Å². The number of benzene rings is 2. The monoisotopic (exact) mass is 254 g/mol. The summed E-state index contributed by atoms with van der Waals surface area (Å²) in [4.78, 5) is 0. The Morgan fingerprint density at radius 2 is 1.61 bits per heavy atom. The predicted octanol–water partition coefficient (Wildman–Crippen LogP) is 4.82. The smallest absolute Gasteiger partial charge is 0.207 e. The summed E-state index contributed by atoms with van der Waals surface area (Å²) < 4.78 is 51.3. The van der Waals surface area contributed by atoms with Crippen molar-refractivity contribution in [1.29, 1.82) is 0 Å². The number of hydrogen-bond acceptors (Lipinski definition) is 0. The molecule has 0 aliphatic heterocycles. The first kappa shape index (κ1) is 12.6. The zero-order chi connectivity index (χ0) is 13.3. The van der Waals surface area contributed by atoms with Crippen LogP contribution in [0.25, 0.3) is 11.1 Å². The van der Waals surface area contributed by atoms with Crippen molar-refractivity contribution in [1.82, 2.24) is 0 Å². The molecular formula is C14H10F4. The van der Waals surface area contributed by atoms with E-state index in [2.05, 4.69) is 0 Å². The highest BCUT2D eigenvalue weighted by atomic mass is 19.4. The van der Waals surface area contributed by atoms with Crippen molar-refractivity contribution in [2.45, 2.75) is 13.1 Å². The molecule has 0 fully saturated rings. The lowest BCUT2D eigenvalue weighted by molar-refractivity contribution is -0.138. The summed E-state index contributed by atoms with van der Waals surface area (Å²) in [5, 5.41) is 0. The predicted molar refractivity (Wildman–Crippen MR) is 61.6 cm³/mol. The van der Waals surface area contributed by atoms with Crippen LogP contribution in [0.4, 0.5) is 17.6 Å². The molecule has 2 aromatic rings. The van der Waals surface area contributed by atoms with Crippen molar-refractivity contribution >= 4 is 0 Å². The molecule has 0 bridgehead atoms. The Hall–Kier alpha value is -1.84. The summed E-state index contributed by atoms with van der Waals surface area (Å²) in [5.74, 6) is -0.468. The highest BCUT2D eigenvalue weighted by Crippen LogP contribution is 2.36. The maximum absolute atomic E-state index is 13.1. The van der Waals surface area contributed by atoms with Crippen LogP contribution in [0, 0.1) is 12.7 Å². The van der Waals surface area contributed by atoms with E-state index >= 15 is 0 Å². The topological polar surface area (TPSA) is 0 Å². The minimum absolute atomic E-state index is 0.107. The zero-order valence-corrected chi connectivity index (χ0v) is 9.55. The molecule has 0 saturated carbocycles. The van der Waals surface area contributed by atoms with Gasteiger partial charge in [0.2, 0.25) is 0 Å².